The smallest absolute Gasteiger partial charge is 0.239 e. The maximum Gasteiger partial charge on any atom is 0.239 e. The first kappa shape index (κ1) is 14.3. The van der Waals surface area contributed by atoms with Crippen LogP contribution in [0, 0.1) is 6.92 Å². The topological polar surface area (TPSA) is 63.4 Å². The Morgan fingerprint density at radius 3 is 2.63 bits per heavy atom. The van der Waals surface area contributed by atoms with Gasteiger partial charge in [0.25, 0.3) is 0 Å². The van der Waals surface area contributed by atoms with Crippen LogP contribution in [0.3, 0.4) is 0 Å². The zero-order valence-electron chi connectivity index (χ0n) is 11.8. The van der Waals surface area contributed by atoms with Crippen molar-refractivity contribution < 1.29 is 8.42 Å². The monoisotopic (exact) mass is 282 g/mol. The van der Waals surface area contributed by atoms with Crippen molar-refractivity contribution in [2.24, 2.45) is 5.73 Å². The van der Waals surface area contributed by atoms with Crippen molar-refractivity contribution in [2.45, 2.75) is 38.4 Å². The molecule has 1 aromatic rings. The lowest BCUT2D eigenvalue weighted by Crippen LogP contribution is -2.34. The van der Waals surface area contributed by atoms with Gasteiger partial charge in [0.1, 0.15) is 0 Å². The highest BCUT2D eigenvalue weighted by molar-refractivity contribution is 7.93. The molecule has 0 bridgehead atoms. The van der Waals surface area contributed by atoms with Gasteiger partial charge in [0.05, 0.1) is 10.9 Å². The van der Waals surface area contributed by atoms with E-state index < -0.39 is 15.3 Å². The molecule has 0 radical (unpaired) electrons. The fourth-order valence-electron chi connectivity index (χ4n) is 2.68. The van der Waals surface area contributed by atoms with Crippen molar-refractivity contribution in [1.82, 2.24) is 0 Å². The van der Waals surface area contributed by atoms with E-state index in [2.05, 4.69) is 13.8 Å². The minimum absolute atomic E-state index is 0.196. The van der Waals surface area contributed by atoms with Crippen LogP contribution in [-0.2, 0) is 10.0 Å². The van der Waals surface area contributed by atoms with Gasteiger partial charge in [0.15, 0.2) is 0 Å². The van der Waals surface area contributed by atoms with Gasteiger partial charge < -0.3 is 5.73 Å². The maximum atomic E-state index is 12.5. The quantitative estimate of drug-likeness (QED) is 0.922. The predicted molar refractivity (Wildman–Crippen MR) is 79.0 cm³/mol. The number of sulfonamides is 1. The second-order valence-corrected chi connectivity index (χ2v) is 7.57. The molecule has 0 aliphatic carbocycles. The summed E-state index contributed by atoms with van der Waals surface area (Å²) in [7, 11) is -3.30. The fraction of sp³-hybridized carbons (Fsp3) is 0.571. The number of hydrogen-bond acceptors (Lipinski definition) is 3. The molecule has 1 unspecified atom stereocenters. The normalized spacial score (nSPS) is 22.2. The minimum Gasteiger partial charge on any atom is -0.329 e. The van der Waals surface area contributed by atoms with Crippen molar-refractivity contribution in [3.8, 4) is 0 Å². The van der Waals surface area contributed by atoms with Gasteiger partial charge in [-0.15, -0.1) is 0 Å². The number of nitrogens with zero attached hydrogens (tertiary/aromatic N) is 1. The van der Waals surface area contributed by atoms with Crippen molar-refractivity contribution >= 4 is 15.7 Å². The lowest BCUT2D eigenvalue weighted by molar-refractivity contribution is 0.587. The number of nitrogens with two attached hydrogens (primary N) is 1. The van der Waals surface area contributed by atoms with E-state index in [1.807, 2.05) is 25.1 Å². The van der Waals surface area contributed by atoms with Crippen LogP contribution in [-0.4, -0.2) is 26.8 Å². The molecular weight excluding hydrogens is 260 g/mol. The summed E-state index contributed by atoms with van der Waals surface area (Å²) in [5.41, 5.74) is 8.53. The van der Waals surface area contributed by atoms with Gasteiger partial charge in [-0.2, -0.15) is 0 Å². The van der Waals surface area contributed by atoms with Crippen molar-refractivity contribution in [1.29, 1.82) is 0 Å². The van der Waals surface area contributed by atoms with Crippen LogP contribution in [0.15, 0.2) is 18.2 Å². The summed E-state index contributed by atoms with van der Waals surface area (Å²) in [5, 5.41) is -0.438. The number of anilines is 1. The molecule has 2 rings (SSSR count). The van der Waals surface area contributed by atoms with Gasteiger partial charge in [0, 0.05) is 13.1 Å². The Hall–Kier alpha value is -1.07. The van der Waals surface area contributed by atoms with Crippen LogP contribution in [0.1, 0.15) is 37.3 Å². The van der Waals surface area contributed by atoms with Crippen molar-refractivity contribution in [3.05, 3.63) is 29.3 Å². The first-order chi connectivity index (χ1) is 8.89. The average Bonchev–Trinajstić information content (AvgIpc) is 2.63. The molecule has 1 aliphatic rings. The standard InChI is InChI=1S/C14H22N2O2S/c1-10(2)13-6-4-5-11(3)14(13)16-8-7-12(9-15)19(16,17)18/h4-6,10,12H,7-9,15H2,1-3H3. The SMILES string of the molecule is Cc1cccc(C(C)C)c1N1CCC(CN)S1(=O)=O. The molecule has 5 heteroatoms. The number of para-hydroxylation sites is 1. The zero-order valence-corrected chi connectivity index (χ0v) is 12.6. The third-order valence-corrected chi connectivity index (χ3v) is 6.04. The van der Waals surface area contributed by atoms with E-state index in [-0.39, 0.29) is 6.54 Å². The molecule has 19 heavy (non-hydrogen) atoms. The molecule has 0 saturated carbocycles. The summed E-state index contributed by atoms with van der Waals surface area (Å²) in [6.07, 6.45) is 0.616. The summed E-state index contributed by atoms with van der Waals surface area (Å²) >= 11 is 0. The van der Waals surface area contributed by atoms with E-state index in [0.717, 1.165) is 16.8 Å². The number of rotatable bonds is 3. The summed E-state index contributed by atoms with van der Waals surface area (Å²) in [6, 6.07) is 5.96. The number of hydrogen-bond donors (Lipinski definition) is 1. The van der Waals surface area contributed by atoms with Gasteiger partial charge in [-0.25, -0.2) is 8.42 Å². The molecule has 4 nitrogen and oxygen atoms in total. The maximum absolute atomic E-state index is 12.5. The molecule has 1 aromatic carbocycles. The molecular formula is C14H22N2O2S. The Kier molecular flexibility index (Phi) is 3.87. The van der Waals surface area contributed by atoms with Crippen LogP contribution >= 0.6 is 0 Å². The molecule has 1 fully saturated rings. The summed E-state index contributed by atoms with van der Waals surface area (Å²) in [5.74, 6) is 0.294. The third-order valence-electron chi connectivity index (χ3n) is 3.79. The van der Waals surface area contributed by atoms with E-state index in [1.54, 1.807) is 4.31 Å². The molecule has 1 saturated heterocycles. The average molecular weight is 282 g/mol. The van der Waals surface area contributed by atoms with Crippen LogP contribution < -0.4 is 10.0 Å². The molecule has 1 atom stereocenters. The second kappa shape index (κ2) is 5.13. The van der Waals surface area contributed by atoms with Crippen LogP contribution in [0.25, 0.3) is 0 Å². The lowest BCUT2D eigenvalue weighted by Gasteiger charge is -2.25. The predicted octanol–water partition coefficient (Wildman–Crippen LogP) is 1.99. The molecule has 0 aromatic heterocycles. The number of benzene rings is 1. The summed E-state index contributed by atoms with van der Waals surface area (Å²) in [6.45, 7) is 6.87. The Morgan fingerprint density at radius 1 is 1.42 bits per heavy atom. The highest BCUT2D eigenvalue weighted by atomic mass is 32.2. The lowest BCUT2D eigenvalue weighted by atomic mass is 9.98. The first-order valence-corrected chi connectivity index (χ1v) is 8.21. The van der Waals surface area contributed by atoms with Crippen molar-refractivity contribution in [3.63, 3.8) is 0 Å². The van der Waals surface area contributed by atoms with Gasteiger partial charge in [-0.1, -0.05) is 32.0 Å². The van der Waals surface area contributed by atoms with Gasteiger partial charge in [0.2, 0.25) is 10.0 Å². The summed E-state index contributed by atoms with van der Waals surface area (Å²) < 4.78 is 26.6. The molecule has 0 spiro atoms. The highest BCUT2D eigenvalue weighted by Gasteiger charge is 2.39. The van der Waals surface area contributed by atoms with Gasteiger partial charge >= 0.3 is 0 Å². The highest BCUT2D eigenvalue weighted by Crippen LogP contribution is 2.36. The van der Waals surface area contributed by atoms with Crippen LogP contribution in [0.4, 0.5) is 5.69 Å². The van der Waals surface area contributed by atoms with Gasteiger partial charge in [-0.05, 0) is 30.4 Å². The summed E-state index contributed by atoms with van der Waals surface area (Å²) in [4.78, 5) is 0. The van der Waals surface area contributed by atoms with Gasteiger partial charge in [-0.3, -0.25) is 4.31 Å². The van der Waals surface area contributed by atoms with Crippen molar-refractivity contribution in [2.75, 3.05) is 17.4 Å². The fourth-order valence-corrected chi connectivity index (χ4v) is 4.55. The van der Waals surface area contributed by atoms with Crippen LogP contribution in [0.2, 0.25) is 0 Å². The minimum atomic E-state index is -3.30. The van der Waals surface area contributed by atoms with Crippen LogP contribution in [0.5, 0.6) is 0 Å². The molecule has 1 aliphatic heterocycles. The molecule has 1 heterocycles. The zero-order chi connectivity index (χ0) is 14.2. The number of aryl methyl sites for hydroxylation is 1. The first-order valence-electron chi connectivity index (χ1n) is 6.70. The Morgan fingerprint density at radius 2 is 2.11 bits per heavy atom. The van der Waals surface area contributed by atoms with E-state index in [0.29, 0.717) is 18.9 Å². The Labute approximate surface area is 115 Å². The second-order valence-electron chi connectivity index (χ2n) is 5.43. The van der Waals surface area contributed by atoms with E-state index in [1.165, 1.54) is 0 Å². The largest absolute Gasteiger partial charge is 0.329 e. The third kappa shape index (κ3) is 2.37. The molecule has 0 amide bonds. The molecule has 106 valence electrons. The van der Waals surface area contributed by atoms with E-state index >= 15 is 0 Å². The van der Waals surface area contributed by atoms with E-state index in [4.69, 9.17) is 5.73 Å². The Balaban J connectivity index is 2.55. The Bertz CT molecular complexity index is 567. The van der Waals surface area contributed by atoms with E-state index in [9.17, 15) is 8.42 Å². The molecule has 2 N–H and O–H groups in total.